The monoisotopic (exact) mass is 364 g/mol. The van der Waals surface area contributed by atoms with Gasteiger partial charge in [0, 0.05) is 31.9 Å². The Bertz CT molecular complexity index is 856. The van der Waals surface area contributed by atoms with E-state index in [0.717, 1.165) is 5.56 Å². The average molecular weight is 364 g/mol. The third-order valence-electron chi connectivity index (χ3n) is 5.06. The summed E-state index contributed by atoms with van der Waals surface area (Å²) in [4.78, 5) is 45.3. The Morgan fingerprint density at radius 3 is 2.67 bits per heavy atom. The maximum Gasteiger partial charge on any atom is 0.255 e. The number of fused-ring (bicyclic) bond motifs is 1. The van der Waals surface area contributed by atoms with Gasteiger partial charge in [0.25, 0.3) is 5.91 Å². The van der Waals surface area contributed by atoms with Gasteiger partial charge in [0.15, 0.2) is 0 Å². The summed E-state index contributed by atoms with van der Waals surface area (Å²) in [6.45, 7) is 0.957. The van der Waals surface area contributed by atoms with Crippen molar-refractivity contribution in [2.45, 2.75) is 18.5 Å². The SMILES string of the molecule is O=C1NC(Cc2ccccc2)C(=O)N2CCN(C(=O)c3cccnc3)CC12. The van der Waals surface area contributed by atoms with E-state index in [1.54, 1.807) is 28.1 Å². The van der Waals surface area contributed by atoms with Crippen molar-refractivity contribution in [3.05, 3.63) is 66.0 Å². The molecule has 27 heavy (non-hydrogen) atoms. The summed E-state index contributed by atoms with van der Waals surface area (Å²) >= 11 is 0. The van der Waals surface area contributed by atoms with Gasteiger partial charge in [-0.15, -0.1) is 0 Å². The largest absolute Gasteiger partial charge is 0.342 e. The zero-order chi connectivity index (χ0) is 18.8. The second kappa shape index (κ2) is 7.19. The first-order valence-electron chi connectivity index (χ1n) is 8.97. The molecule has 2 atom stereocenters. The predicted molar refractivity (Wildman–Crippen MR) is 97.7 cm³/mol. The minimum absolute atomic E-state index is 0.0862. The Hall–Kier alpha value is -3.22. The van der Waals surface area contributed by atoms with Crippen LogP contribution in [0.3, 0.4) is 0 Å². The van der Waals surface area contributed by atoms with E-state index in [4.69, 9.17) is 0 Å². The van der Waals surface area contributed by atoms with Gasteiger partial charge in [0.05, 0.1) is 12.1 Å². The molecule has 2 aliphatic rings. The Kier molecular flexibility index (Phi) is 4.58. The smallest absolute Gasteiger partial charge is 0.255 e. The maximum absolute atomic E-state index is 12.9. The van der Waals surface area contributed by atoms with Gasteiger partial charge in [0.1, 0.15) is 12.1 Å². The minimum atomic E-state index is -0.640. The fourth-order valence-electron chi connectivity index (χ4n) is 3.65. The van der Waals surface area contributed by atoms with Crippen molar-refractivity contribution in [3.8, 4) is 0 Å². The molecule has 3 amide bonds. The molecule has 2 aromatic rings. The van der Waals surface area contributed by atoms with Crippen LogP contribution in [-0.2, 0) is 16.0 Å². The Labute approximate surface area is 157 Å². The van der Waals surface area contributed by atoms with Crippen molar-refractivity contribution >= 4 is 17.7 Å². The zero-order valence-electron chi connectivity index (χ0n) is 14.7. The van der Waals surface area contributed by atoms with E-state index in [1.807, 2.05) is 30.3 Å². The summed E-state index contributed by atoms with van der Waals surface area (Å²) in [6, 6.07) is 11.8. The fraction of sp³-hybridized carbons (Fsp3) is 0.300. The molecule has 138 valence electrons. The second-order valence-corrected chi connectivity index (χ2v) is 6.79. The molecule has 0 spiro atoms. The van der Waals surface area contributed by atoms with Crippen LogP contribution in [-0.4, -0.2) is 64.2 Å². The van der Waals surface area contributed by atoms with Crippen LogP contribution in [0.5, 0.6) is 0 Å². The maximum atomic E-state index is 12.9. The molecular weight excluding hydrogens is 344 g/mol. The number of aromatic nitrogens is 1. The number of amides is 3. The number of carbonyl (C=O) groups excluding carboxylic acids is 3. The molecule has 0 saturated carbocycles. The third kappa shape index (κ3) is 3.40. The standard InChI is InChI=1S/C20H20N4O3/c25-18-17-13-23(19(26)15-7-4-8-21-12-15)9-10-24(17)20(27)16(22-18)11-14-5-2-1-3-6-14/h1-8,12,16-17H,9-11,13H2,(H,22,25). The highest BCUT2D eigenvalue weighted by Gasteiger charge is 2.44. The van der Waals surface area contributed by atoms with Crippen molar-refractivity contribution in [2.75, 3.05) is 19.6 Å². The molecule has 7 heteroatoms. The van der Waals surface area contributed by atoms with E-state index >= 15 is 0 Å². The summed E-state index contributed by atoms with van der Waals surface area (Å²) in [6.07, 6.45) is 3.58. The number of piperazine rings is 2. The van der Waals surface area contributed by atoms with Crippen LogP contribution in [0.2, 0.25) is 0 Å². The molecule has 2 unspecified atom stereocenters. The quantitative estimate of drug-likeness (QED) is 0.859. The van der Waals surface area contributed by atoms with Crippen molar-refractivity contribution in [2.24, 2.45) is 0 Å². The number of hydrogen-bond donors (Lipinski definition) is 1. The molecule has 4 rings (SSSR count). The summed E-state index contributed by atoms with van der Waals surface area (Å²) in [5.41, 5.74) is 1.48. The van der Waals surface area contributed by atoms with E-state index in [0.29, 0.717) is 25.1 Å². The first-order chi connectivity index (χ1) is 13.1. The molecule has 1 N–H and O–H groups in total. The van der Waals surface area contributed by atoms with Crippen molar-refractivity contribution < 1.29 is 14.4 Å². The number of benzene rings is 1. The number of rotatable bonds is 3. The number of pyridine rings is 1. The molecule has 2 fully saturated rings. The number of nitrogens with one attached hydrogen (secondary N) is 1. The molecule has 0 radical (unpaired) electrons. The van der Waals surface area contributed by atoms with Crippen LogP contribution in [0.1, 0.15) is 15.9 Å². The normalized spacial score (nSPS) is 22.2. The summed E-state index contributed by atoms with van der Waals surface area (Å²) in [5, 5.41) is 2.83. The van der Waals surface area contributed by atoms with E-state index in [-0.39, 0.29) is 24.3 Å². The van der Waals surface area contributed by atoms with Gasteiger partial charge in [-0.25, -0.2) is 0 Å². The van der Waals surface area contributed by atoms with Crippen LogP contribution in [0.15, 0.2) is 54.9 Å². The first-order valence-corrected chi connectivity index (χ1v) is 8.97. The van der Waals surface area contributed by atoms with E-state index in [2.05, 4.69) is 10.3 Å². The van der Waals surface area contributed by atoms with Gasteiger partial charge in [-0.05, 0) is 17.7 Å². The van der Waals surface area contributed by atoms with Crippen LogP contribution < -0.4 is 5.32 Å². The highest BCUT2D eigenvalue weighted by atomic mass is 16.2. The van der Waals surface area contributed by atoms with Gasteiger partial charge >= 0.3 is 0 Å². The lowest BCUT2D eigenvalue weighted by Gasteiger charge is -2.45. The molecular formula is C20H20N4O3. The Morgan fingerprint density at radius 1 is 1.11 bits per heavy atom. The lowest BCUT2D eigenvalue weighted by molar-refractivity contribution is -0.152. The number of nitrogens with zero attached hydrogens (tertiary/aromatic N) is 3. The number of hydrogen-bond acceptors (Lipinski definition) is 4. The lowest BCUT2D eigenvalue weighted by Crippen LogP contribution is -2.70. The number of carbonyl (C=O) groups is 3. The van der Waals surface area contributed by atoms with Crippen LogP contribution in [0.25, 0.3) is 0 Å². The molecule has 7 nitrogen and oxygen atoms in total. The lowest BCUT2D eigenvalue weighted by atomic mass is 9.98. The van der Waals surface area contributed by atoms with Gasteiger partial charge in [-0.2, -0.15) is 0 Å². The summed E-state index contributed by atoms with van der Waals surface area (Å²) < 4.78 is 0. The molecule has 1 aromatic carbocycles. The molecule has 1 aromatic heterocycles. The van der Waals surface area contributed by atoms with Crippen LogP contribution in [0.4, 0.5) is 0 Å². The molecule has 0 aliphatic carbocycles. The fourth-order valence-corrected chi connectivity index (χ4v) is 3.65. The topological polar surface area (TPSA) is 82.6 Å². The highest BCUT2D eigenvalue weighted by Crippen LogP contribution is 2.19. The van der Waals surface area contributed by atoms with Gasteiger partial charge in [-0.1, -0.05) is 30.3 Å². The van der Waals surface area contributed by atoms with Crippen molar-refractivity contribution in [1.29, 1.82) is 0 Å². The van der Waals surface area contributed by atoms with E-state index in [9.17, 15) is 14.4 Å². The van der Waals surface area contributed by atoms with Crippen molar-refractivity contribution in [1.82, 2.24) is 20.1 Å². The predicted octanol–water partition coefficient (Wildman–Crippen LogP) is 0.476. The second-order valence-electron chi connectivity index (χ2n) is 6.79. The molecule has 3 heterocycles. The van der Waals surface area contributed by atoms with E-state index < -0.39 is 12.1 Å². The molecule has 2 aliphatic heterocycles. The van der Waals surface area contributed by atoms with Gasteiger partial charge in [-0.3, -0.25) is 19.4 Å². The first kappa shape index (κ1) is 17.2. The highest BCUT2D eigenvalue weighted by molar-refractivity contribution is 5.99. The minimum Gasteiger partial charge on any atom is -0.342 e. The Morgan fingerprint density at radius 2 is 1.93 bits per heavy atom. The molecule has 0 bridgehead atoms. The summed E-state index contributed by atoms with van der Waals surface area (Å²) in [5.74, 6) is -0.467. The summed E-state index contributed by atoms with van der Waals surface area (Å²) in [7, 11) is 0. The van der Waals surface area contributed by atoms with Crippen LogP contribution >= 0.6 is 0 Å². The van der Waals surface area contributed by atoms with E-state index in [1.165, 1.54) is 6.20 Å². The Balaban J connectivity index is 1.46. The zero-order valence-corrected chi connectivity index (χ0v) is 14.7. The average Bonchev–Trinajstić information content (AvgIpc) is 2.72. The van der Waals surface area contributed by atoms with Crippen LogP contribution in [0, 0.1) is 0 Å². The van der Waals surface area contributed by atoms with Gasteiger partial charge in [0.2, 0.25) is 11.8 Å². The third-order valence-corrected chi connectivity index (χ3v) is 5.06. The van der Waals surface area contributed by atoms with Gasteiger partial charge < -0.3 is 15.1 Å². The van der Waals surface area contributed by atoms with Crippen molar-refractivity contribution in [3.63, 3.8) is 0 Å². The molecule has 2 saturated heterocycles.